The lowest BCUT2D eigenvalue weighted by molar-refractivity contribution is -0.194. The molecule has 6 nitrogen and oxygen atoms in total. The van der Waals surface area contributed by atoms with E-state index in [0.717, 1.165) is 6.42 Å². The molecule has 0 saturated carbocycles. The van der Waals surface area contributed by atoms with E-state index in [9.17, 15) is 9.59 Å². The van der Waals surface area contributed by atoms with Crippen molar-refractivity contribution in [2.75, 3.05) is 26.4 Å². The van der Waals surface area contributed by atoms with Crippen molar-refractivity contribution in [2.45, 2.75) is 38.4 Å². The largest absolute Gasteiger partial charge is 0.463 e. The highest BCUT2D eigenvalue weighted by Gasteiger charge is 2.50. The summed E-state index contributed by atoms with van der Waals surface area (Å²) in [5, 5.41) is 0. The van der Waals surface area contributed by atoms with Crippen LogP contribution >= 0.6 is 0 Å². The maximum absolute atomic E-state index is 12.4. The van der Waals surface area contributed by atoms with E-state index in [2.05, 4.69) is 12.5 Å². The van der Waals surface area contributed by atoms with Gasteiger partial charge in [0.25, 0.3) is 5.60 Å². The average Bonchev–Trinajstić information content (AvgIpc) is 2.99. The number of hydrogen-bond acceptors (Lipinski definition) is 6. The Kier molecular flexibility index (Phi) is 7.79. The molecule has 0 spiro atoms. The van der Waals surface area contributed by atoms with Gasteiger partial charge in [-0.1, -0.05) is 6.08 Å². The smallest absolute Gasteiger partial charge is 0.350 e. The fourth-order valence-electron chi connectivity index (χ4n) is 2.35. The molecule has 1 rings (SSSR count). The molecule has 0 amide bonds. The highest BCUT2D eigenvalue weighted by molar-refractivity contribution is 6.03. The number of carbonyl (C=O) groups excluding carboxylic acids is 2. The zero-order chi connectivity index (χ0) is 17.3. The number of terminal acetylenes is 1. The predicted octanol–water partition coefficient (Wildman–Crippen LogP) is 1.48. The molecule has 0 aromatic carbocycles. The molecular formula is C17H24O6. The third kappa shape index (κ3) is 4.57. The van der Waals surface area contributed by atoms with Crippen LogP contribution in [-0.2, 0) is 28.5 Å². The second-order valence-corrected chi connectivity index (χ2v) is 5.04. The maximum Gasteiger partial charge on any atom is 0.350 e. The van der Waals surface area contributed by atoms with Crippen molar-refractivity contribution in [3.8, 4) is 12.3 Å². The fourth-order valence-corrected chi connectivity index (χ4v) is 2.35. The van der Waals surface area contributed by atoms with Gasteiger partial charge >= 0.3 is 11.9 Å². The Hall–Kier alpha value is -1.84. The van der Waals surface area contributed by atoms with Gasteiger partial charge in [-0.15, -0.1) is 18.9 Å². The summed E-state index contributed by atoms with van der Waals surface area (Å²) in [4.78, 5) is 24.7. The molecule has 1 fully saturated rings. The van der Waals surface area contributed by atoms with Gasteiger partial charge in [0, 0.05) is 13.0 Å². The number of ether oxygens (including phenoxy) is 4. The number of rotatable bonds is 9. The first kappa shape index (κ1) is 19.2. The third-order valence-electron chi connectivity index (χ3n) is 3.56. The van der Waals surface area contributed by atoms with Crippen LogP contribution in [0, 0.1) is 18.3 Å². The van der Waals surface area contributed by atoms with E-state index in [1.165, 1.54) is 6.08 Å². The van der Waals surface area contributed by atoms with Crippen LogP contribution in [0.15, 0.2) is 12.7 Å². The van der Waals surface area contributed by atoms with Gasteiger partial charge < -0.3 is 18.9 Å². The Morgan fingerprint density at radius 2 is 1.96 bits per heavy atom. The molecule has 0 radical (unpaired) electrons. The summed E-state index contributed by atoms with van der Waals surface area (Å²) in [6.07, 6.45) is 7.17. The Morgan fingerprint density at radius 1 is 1.35 bits per heavy atom. The minimum Gasteiger partial charge on any atom is -0.463 e. The topological polar surface area (TPSA) is 71.1 Å². The van der Waals surface area contributed by atoms with Crippen LogP contribution in [-0.4, -0.2) is 50.1 Å². The van der Waals surface area contributed by atoms with Crippen molar-refractivity contribution in [2.24, 2.45) is 5.92 Å². The number of hydrogen-bond donors (Lipinski definition) is 0. The summed E-state index contributed by atoms with van der Waals surface area (Å²) in [7, 11) is 0. The summed E-state index contributed by atoms with van der Waals surface area (Å²) >= 11 is 0. The van der Waals surface area contributed by atoms with Crippen LogP contribution in [0.4, 0.5) is 0 Å². The quantitative estimate of drug-likeness (QED) is 0.277. The minimum absolute atomic E-state index is 0.000333. The number of carbonyl (C=O) groups is 2. The standard InChI is InChI=1S/C17H24O6/c1-5-10-17(15(18)20-7-3,16(19)21-8-4)23-12-14-13(6-2)9-11-22-14/h2,5,13-14H,1,7-12H2,3-4H3. The van der Waals surface area contributed by atoms with Crippen molar-refractivity contribution in [1.29, 1.82) is 0 Å². The van der Waals surface area contributed by atoms with Crippen LogP contribution in [0.3, 0.4) is 0 Å². The normalized spacial score (nSPS) is 20.6. The Balaban J connectivity index is 2.96. The van der Waals surface area contributed by atoms with E-state index < -0.39 is 17.5 Å². The van der Waals surface area contributed by atoms with E-state index in [-0.39, 0.29) is 38.3 Å². The van der Waals surface area contributed by atoms with Crippen molar-refractivity contribution >= 4 is 11.9 Å². The molecule has 0 aliphatic carbocycles. The zero-order valence-corrected chi connectivity index (χ0v) is 13.7. The SMILES string of the molecule is C#CC1CCOC1COC(CC=C)(C(=O)OCC)C(=O)OCC. The van der Waals surface area contributed by atoms with Gasteiger partial charge in [-0.2, -0.15) is 0 Å². The second kappa shape index (κ2) is 9.33. The van der Waals surface area contributed by atoms with Crippen molar-refractivity contribution in [3.63, 3.8) is 0 Å². The van der Waals surface area contributed by atoms with E-state index in [1.807, 2.05) is 0 Å². The van der Waals surface area contributed by atoms with Crippen LogP contribution in [0.25, 0.3) is 0 Å². The molecule has 1 heterocycles. The first-order valence-corrected chi connectivity index (χ1v) is 7.72. The highest BCUT2D eigenvalue weighted by Crippen LogP contribution is 2.26. The van der Waals surface area contributed by atoms with Gasteiger partial charge in [-0.05, 0) is 20.3 Å². The molecular weight excluding hydrogens is 300 g/mol. The number of esters is 2. The van der Waals surface area contributed by atoms with Crippen molar-refractivity contribution in [3.05, 3.63) is 12.7 Å². The molecule has 6 heteroatoms. The molecule has 0 aromatic rings. The van der Waals surface area contributed by atoms with Gasteiger partial charge in [0.2, 0.25) is 0 Å². The summed E-state index contributed by atoms with van der Waals surface area (Å²) in [6, 6.07) is 0. The summed E-state index contributed by atoms with van der Waals surface area (Å²) < 4.78 is 21.2. The molecule has 1 aliphatic rings. The van der Waals surface area contributed by atoms with E-state index in [0.29, 0.717) is 6.61 Å². The molecule has 1 saturated heterocycles. The lowest BCUT2D eigenvalue weighted by Crippen LogP contribution is -2.52. The molecule has 2 unspecified atom stereocenters. The van der Waals surface area contributed by atoms with E-state index in [1.54, 1.807) is 13.8 Å². The molecule has 0 N–H and O–H groups in total. The third-order valence-corrected chi connectivity index (χ3v) is 3.56. The first-order chi connectivity index (χ1) is 11.1. The van der Waals surface area contributed by atoms with E-state index in [4.69, 9.17) is 25.4 Å². The Morgan fingerprint density at radius 3 is 2.43 bits per heavy atom. The Bertz CT molecular complexity index is 446. The van der Waals surface area contributed by atoms with Crippen LogP contribution in [0.1, 0.15) is 26.7 Å². The van der Waals surface area contributed by atoms with Gasteiger partial charge in [0.05, 0.1) is 31.8 Å². The highest BCUT2D eigenvalue weighted by atomic mass is 16.6. The van der Waals surface area contributed by atoms with Gasteiger partial charge in [0.15, 0.2) is 0 Å². The summed E-state index contributed by atoms with van der Waals surface area (Å²) in [5.41, 5.74) is -1.88. The average molecular weight is 324 g/mol. The fraction of sp³-hybridized carbons (Fsp3) is 0.647. The maximum atomic E-state index is 12.4. The first-order valence-electron chi connectivity index (χ1n) is 7.72. The second-order valence-electron chi connectivity index (χ2n) is 5.04. The van der Waals surface area contributed by atoms with Gasteiger partial charge in [0.1, 0.15) is 0 Å². The minimum atomic E-state index is -1.88. The molecule has 0 bridgehead atoms. The lowest BCUT2D eigenvalue weighted by Gasteiger charge is -2.29. The van der Waals surface area contributed by atoms with Gasteiger partial charge in [-0.3, -0.25) is 0 Å². The lowest BCUT2D eigenvalue weighted by atomic mass is 9.98. The summed E-state index contributed by atoms with van der Waals surface area (Å²) in [5.74, 6) is 0.928. The molecule has 128 valence electrons. The monoisotopic (exact) mass is 324 g/mol. The van der Waals surface area contributed by atoms with Crippen LogP contribution < -0.4 is 0 Å². The van der Waals surface area contributed by atoms with Crippen molar-refractivity contribution in [1.82, 2.24) is 0 Å². The predicted molar refractivity (Wildman–Crippen MR) is 83.4 cm³/mol. The molecule has 23 heavy (non-hydrogen) atoms. The van der Waals surface area contributed by atoms with E-state index >= 15 is 0 Å². The molecule has 2 atom stereocenters. The molecule has 1 aliphatic heterocycles. The zero-order valence-electron chi connectivity index (χ0n) is 13.7. The molecule has 0 aromatic heterocycles. The van der Waals surface area contributed by atoms with Crippen LogP contribution in [0.5, 0.6) is 0 Å². The Labute approximate surface area is 137 Å². The van der Waals surface area contributed by atoms with Gasteiger partial charge in [-0.25, -0.2) is 9.59 Å². The van der Waals surface area contributed by atoms with Crippen LogP contribution in [0.2, 0.25) is 0 Å². The van der Waals surface area contributed by atoms with Crippen molar-refractivity contribution < 1.29 is 28.5 Å². The summed E-state index contributed by atoms with van der Waals surface area (Å²) in [6.45, 7) is 7.64.